The highest BCUT2D eigenvalue weighted by Gasteiger charge is 2.39. The number of phenolic OH excluding ortho intramolecular Hbond substituents is 1. The summed E-state index contributed by atoms with van der Waals surface area (Å²) in [6.07, 6.45) is 8.31. The van der Waals surface area contributed by atoms with Crippen molar-refractivity contribution in [3.8, 4) is 5.75 Å². The van der Waals surface area contributed by atoms with Crippen molar-refractivity contribution in [2.24, 2.45) is 17.6 Å². The molecule has 1 aromatic rings. The highest BCUT2D eigenvalue weighted by molar-refractivity contribution is 7.89. The van der Waals surface area contributed by atoms with Gasteiger partial charge in [-0.1, -0.05) is 44.2 Å². The van der Waals surface area contributed by atoms with Gasteiger partial charge in [0.05, 0.1) is 17.5 Å². The number of phenols is 1. The van der Waals surface area contributed by atoms with E-state index in [1.807, 2.05) is 31.2 Å². The van der Waals surface area contributed by atoms with Crippen LogP contribution in [0.15, 0.2) is 35.9 Å². The van der Waals surface area contributed by atoms with Crippen LogP contribution in [0.4, 0.5) is 0 Å². The van der Waals surface area contributed by atoms with E-state index in [-0.39, 0.29) is 18.1 Å². The van der Waals surface area contributed by atoms with Crippen LogP contribution in [0.25, 0.3) is 0 Å². The van der Waals surface area contributed by atoms with Crippen LogP contribution in [0.2, 0.25) is 0 Å². The summed E-state index contributed by atoms with van der Waals surface area (Å²) in [6, 6.07) is 3.91. The average molecular weight is 461 g/mol. The van der Waals surface area contributed by atoms with E-state index < -0.39 is 15.3 Å². The number of aromatic hydroxyl groups is 1. The molecule has 0 aromatic heterocycles. The lowest BCUT2D eigenvalue weighted by molar-refractivity contribution is -0.0612. The molecule has 176 valence electrons. The van der Waals surface area contributed by atoms with Crippen LogP contribution in [-0.4, -0.2) is 48.8 Å². The van der Waals surface area contributed by atoms with Crippen molar-refractivity contribution >= 4 is 10.0 Å². The number of fused-ring (bicyclic) bond motifs is 1. The molecule has 1 saturated heterocycles. The quantitative estimate of drug-likeness (QED) is 0.700. The van der Waals surface area contributed by atoms with Gasteiger partial charge in [0.15, 0.2) is 0 Å². The Hall–Kier alpha value is -1.67. The lowest BCUT2D eigenvalue weighted by Crippen LogP contribution is -2.46. The number of rotatable bonds is 5. The first-order chi connectivity index (χ1) is 15.2. The van der Waals surface area contributed by atoms with Crippen molar-refractivity contribution in [3.63, 3.8) is 0 Å². The molecule has 1 fully saturated rings. The van der Waals surface area contributed by atoms with Gasteiger partial charge in [-0.3, -0.25) is 0 Å². The molecule has 0 amide bonds. The molecule has 0 saturated carbocycles. The Labute approximate surface area is 192 Å². The van der Waals surface area contributed by atoms with Crippen LogP contribution in [-0.2, 0) is 21.2 Å². The Bertz CT molecular complexity index is 1010. The van der Waals surface area contributed by atoms with Gasteiger partial charge in [-0.2, -0.15) is 0 Å². The van der Waals surface area contributed by atoms with Gasteiger partial charge >= 0.3 is 0 Å². The van der Waals surface area contributed by atoms with Crippen molar-refractivity contribution < 1.29 is 18.3 Å². The van der Waals surface area contributed by atoms with Crippen molar-refractivity contribution in [2.75, 3.05) is 19.6 Å². The number of allylic oxidation sites excluding steroid dienone is 3. The summed E-state index contributed by atoms with van der Waals surface area (Å²) in [7, 11) is -3.36. The molecular formula is C25H36N2O4S. The first-order valence-electron chi connectivity index (χ1n) is 11.8. The van der Waals surface area contributed by atoms with E-state index in [0.717, 1.165) is 29.5 Å². The van der Waals surface area contributed by atoms with Crippen LogP contribution >= 0.6 is 0 Å². The molecule has 0 bridgehead atoms. The average Bonchev–Trinajstić information content (AvgIpc) is 2.81. The predicted octanol–water partition coefficient (Wildman–Crippen LogP) is 3.59. The lowest BCUT2D eigenvalue weighted by atomic mass is 9.83. The van der Waals surface area contributed by atoms with Crippen LogP contribution in [0.5, 0.6) is 5.75 Å². The first-order valence-corrected chi connectivity index (χ1v) is 13.3. The summed E-state index contributed by atoms with van der Waals surface area (Å²) in [5, 5.41) is 10.2. The lowest BCUT2D eigenvalue weighted by Gasteiger charge is -2.40. The molecule has 3 atom stereocenters. The number of hydrogen-bond donors (Lipinski definition) is 2. The van der Waals surface area contributed by atoms with Crippen LogP contribution in [0.1, 0.15) is 55.9 Å². The molecule has 7 heteroatoms. The minimum Gasteiger partial charge on any atom is -0.507 e. The molecule has 3 aliphatic rings. The van der Waals surface area contributed by atoms with Crippen molar-refractivity contribution in [1.29, 1.82) is 0 Å². The molecule has 3 N–H and O–H groups in total. The molecular weight excluding hydrogens is 424 g/mol. The normalized spacial score (nSPS) is 27.4. The van der Waals surface area contributed by atoms with Crippen LogP contribution < -0.4 is 5.73 Å². The van der Waals surface area contributed by atoms with E-state index in [4.69, 9.17) is 10.5 Å². The molecule has 1 unspecified atom stereocenters. The summed E-state index contributed by atoms with van der Waals surface area (Å²) in [5.41, 5.74) is 9.96. The number of hydrogen-bond acceptors (Lipinski definition) is 5. The van der Waals surface area contributed by atoms with Crippen molar-refractivity contribution in [2.45, 2.75) is 63.9 Å². The van der Waals surface area contributed by atoms with Crippen LogP contribution in [0.3, 0.4) is 0 Å². The van der Waals surface area contributed by atoms with Gasteiger partial charge in [-0.25, -0.2) is 12.7 Å². The monoisotopic (exact) mass is 460 g/mol. The summed E-state index contributed by atoms with van der Waals surface area (Å²) in [6.45, 7) is 7.53. The maximum absolute atomic E-state index is 13.2. The Morgan fingerprint density at radius 2 is 1.97 bits per heavy atom. The first kappa shape index (κ1) is 23.5. The number of aryl methyl sites for hydroxylation is 1. The third-order valence-electron chi connectivity index (χ3n) is 7.35. The van der Waals surface area contributed by atoms with E-state index in [1.165, 1.54) is 5.57 Å². The molecule has 1 aliphatic carbocycles. The van der Waals surface area contributed by atoms with Gasteiger partial charge in [0.2, 0.25) is 10.0 Å². The number of piperidine rings is 1. The van der Waals surface area contributed by atoms with Gasteiger partial charge in [-0.15, -0.1) is 0 Å². The molecule has 32 heavy (non-hydrogen) atoms. The van der Waals surface area contributed by atoms with E-state index in [1.54, 1.807) is 4.31 Å². The number of ether oxygens (including phenoxy) is 1. The van der Waals surface area contributed by atoms with E-state index in [2.05, 4.69) is 19.9 Å². The van der Waals surface area contributed by atoms with E-state index >= 15 is 0 Å². The summed E-state index contributed by atoms with van der Waals surface area (Å²) >= 11 is 0. The van der Waals surface area contributed by atoms with Gasteiger partial charge in [0, 0.05) is 31.6 Å². The van der Waals surface area contributed by atoms with Crippen molar-refractivity contribution in [1.82, 2.24) is 4.31 Å². The Kier molecular flexibility index (Phi) is 6.82. The second-order valence-electron chi connectivity index (χ2n) is 9.68. The Morgan fingerprint density at radius 3 is 2.56 bits per heavy atom. The molecule has 6 nitrogen and oxygen atoms in total. The molecule has 4 rings (SSSR count). The summed E-state index contributed by atoms with van der Waals surface area (Å²) in [5.74, 6) is 0.997. The molecule has 1 aromatic carbocycles. The fraction of sp³-hybridized carbons (Fsp3) is 0.600. The standard InChI is InChI=1S/C25H36N2O4S/c1-16(2)18-5-7-20(8-6-18)32(29,30)27-12-10-19(11-13-27)23-14-22-21(24(15-26)31-23)9-4-17(3)25(22)28/h4-7,9,16,19-20,23-24,28H,8,10-15,26H2,1-3H3/t20?,23-,24-/m0/s1. The molecule has 0 spiro atoms. The maximum Gasteiger partial charge on any atom is 0.220 e. The zero-order valence-electron chi connectivity index (χ0n) is 19.3. The minimum absolute atomic E-state index is 0.0558. The van der Waals surface area contributed by atoms with Gasteiger partial charge in [0.25, 0.3) is 0 Å². The number of nitrogens with zero attached hydrogens (tertiary/aromatic N) is 1. The number of nitrogens with two attached hydrogens (primary N) is 1. The zero-order valence-corrected chi connectivity index (χ0v) is 20.1. The van der Waals surface area contributed by atoms with E-state index in [0.29, 0.717) is 44.1 Å². The van der Waals surface area contributed by atoms with Gasteiger partial charge in [0.1, 0.15) is 5.75 Å². The van der Waals surface area contributed by atoms with Gasteiger partial charge < -0.3 is 15.6 Å². The largest absolute Gasteiger partial charge is 0.507 e. The Morgan fingerprint density at radius 1 is 1.25 bits per heavy atom. The predicted molar refractivity (Wildman–Crippen MR) is 127 cm³/mol. The number of sulfonamides is 1. The second kappa shape index (κ2) is 9.29. The van der Waals surface area contributed by atoms with Gasteiger partial charge in [-0.05, 0) is 54.7 Å². The molecule has 2 aliphatic heterocycles. The highest BCUT2D eigenvalue weighted by Crippen LogP contribution is 2.40. The smallest absolute Gasteiger partial charge is 0.220 e. The second-order valence-corrected chi connectivity index (χ2v) is 11.8. The minimum atomic E-state index is -3.36. The topological polar surface area (TPSA) is 92.9 Å². The third-order valence-corrected chi connectivity index (χ3v) is 9.55. The highest BCUT2D eigenvalue weighted by atomic mass is 32.2. The fourth-order valence-corrected chi connectivity index (χ4v) is 6.96. The zero-order chi connectivity index (χ0) is 23.0. The fourth-order valence-electron chi connectivity index (χ4n) is 5.24. The molecule has 2 heterocycles. The number of benzene rings is 1. The Balaban J connectivity index is 1.42. The van der Waals surface area contributed by atoms with Crippen LogP contribution in [0, 0.1) is 18.8 Å². The SMILES string of the molecule is Cc1ccc2c(c1O)C[C@@H](C1CCN(S(=O)(=O)C3C=CC(C(C)C)=CC3)CC1)O[C@H]2CN. The van der Waals surface area contributed by atoms with Crippen molar-refractivity contribution in [3.05, 3.63) is 52.6 Å². The van der Waals surface area contributed by atoms with E-state index in [9.17, 15) is 13.5 Å². The summed E-state index contributed by atoms with van der Waals surface area (Å²) in [4.78, 5) is 0. The maximum atomic E-state index is 13.2. The third kappa shape index (κ3) is 4.40. The summed E-state index contributed by atoms with van der Waals surface area (Å²) < 4.78 is 34.4. The molecule has 0 radical (unpaired) electrons.